The largest absolute Gasteiger partial charge is 0.282 e. The number of aromatic nitrogens is 4. The fraction of sp³-hybridized carbons (Fsp3) is 0.222. The quantitative estimate of drug-likeness (QED) is 0.768. The highest BCUT2D eigenvalue weighted by atomic mass is 35.5. The van der Waals surface area contributed by atoms with E-state index in [1.807, 2.05) is 6.92 Å². The average Bonchev–Trinajstić information content (AvgIpc) is 2.61. The number of nitrogens with one attached hydrogen (secondary N) is 1. The van der Waals surface area contributed by atoms with Crippen molar-refractivity contribution < 1.29 is 0 Å². The minimum Gasteiger partial charge on any atom is -0.282 e. The molecule has 0 saturated carbocycles. The third-order valence-electron chi connectivity index (χ3n) is 2.01. The Morgan fingerprint density at radius 1 is 1.43 bits per heavy atom. The summed E-state index contributed by atoms with van der Waals surface area (Å²) in [7, 11) is 0. The van der Waals surface area contributed by atoms with Crippen LogP contribution in [0.25, 0.3) is 11.4 Å². The molecule has 0 aliphatic heterocycles. The van der Waals surface area contributed by atoms with Crippen LogP contribution in [0.3, 0.4) is 0 Å². The minimum atomic E-state index is 0.425. The zero-order valence-electron chi connectivity index (χ0n) is 7.66. The van der Waals surface area contributed by atoms with E-state index < -0.39 is 0 Å². The van der Waals surface area contributed by atoms with E-state index in [9.17, 15) is 0 Å². The first-order valence-electron chi connectivity index (χ1n) is 4.19. The molecule has 2 heterocycles. The van der Waals surface area contributed by atoms with Gasteiger partial charge < -0.3 is 0 Å². The van der Waals surface area contributed by atoms with E-state index in [1.165, 1.54) is 0 Å². The van der Waals surface area contributed by atoms with Crippen LogP contribution < -0.4 is 0 Å². The van der Waals surface area contributed by atoms with Crippen molar-refractivity contribution in [1.29, 1.82) is 0 Å². The fourth-order valence-corrected chi connectivity index (χ4v) is 1.58. The number of alkyl halides is 1. The maximum atomic E-state index is 5.82. The molecule has 1 N–H and O–H groups in total. The molecule has 0 amide bonds. The molecular weight excluding hydrogens is 200 g/mol. The lowest BCUT2D eigenvalue weighted by Crippen LogP contribution is -1.88. The summed E-state index contributed by atoms with van der Waals surface area (Å²) >= 11 is 5.82. The number of aryl methyl sites for hydroxylation is 1. The van der Waals surface area contributed by atoms with Gasteiger partial charge in [-0.15, -0.1) is 11.6 Å². The number of halogens is 1. The van der Waals surface area contributed by atoms with Gasteiger partial charge in [0.25, 0.3) is 0 Å². The summed E-state index contributed by atoms with van der Waals surface area (Å²) in [5.41, 5.74) is 3.48. The van der Waals surface area contributed by atoms with Gasteiger partial charge in [-0.05, 0) is 6.92 Å². The number of hydrogen-bond acceptors (Lipinski definition) is 3. The number of nitrogens with zero attached hydrogens (tertiary/aromatic N) is 3. The predicted molar refractivity (Wildman–Crippen MR) is 53.9 cm³/mol. The smallest absolute Gasteiger partial charge is 0.117 e. The first kappa shape index (κ1) is 9.15. The highest BCUT2D eigenvalue weighted by molar-refractivity contribution is 6.17. The number of rotatable bonds is 2. The Kier molecular flexibility index (Phi) is 2.45. The van der Waals surface area contributed by atoms with E-state index in [-0.39, 0.29) is 0 Å². The Bertz CT molecular complexity index is 424. The van der Waals surface area contributed by atoms with E-state index >= 15 is 0 Å². The van der Waals surface area contributed by atoms with Crippen LogP contribution in [0, 0.1) is 6.92 Å². The molecule has 0 spiro atoms. The van der Waals surface area contributed by atoms with Crippen LogP contribution in [0.4, 0.5) is 0 Å². The first-order valence-corrected chi connectivity index (χ1v) is 4.72. The Balaban J connectivity index is 2.52. The summed E-state index contributed by atoms with van der Waals surface area (Å²) in [4.78, 5) is 8.15. The maximum absolute atomic E-state index is 5.82. The third kappa shape index (κ3) is 1.48. The maximum Gasteiger partial charge on any atom is 0.117 e. The molecule has 0 unspecified atom stereocenters. The van der Waals surface area contributed by atoms with Gasteiger partial charge in [-0.25, -0.2) is 0 Å². The Morgan fingerprint density at radius 2 is 2.29 bits per heavy atom. The van der Waals surface area contributed by atoms with Gasteiger partial charge in [0, 0.05) is 23.7 Å². The van der Waals surface area contributed by atoms with Gasteiger partial charge in [-0.3, -0.25) is 15.1 Å². The van der Waals surface area contributed by atoms with E-state index in [2.05, 4.69) is 20.2 Å². The van der Waals surface area contributed by atoms with Crippen LogP contribution in [-0.2, 0) is 5.88 Å². The lowest BCUT2D eigenvalue weighted by molar-refractivity contribution is 1.04. The monoisotopic (exact) mass is 208 g/mol. The third-order valence-corrected chi connectivity index (χ3v) is 2.28. The summed E-state index contributed by atoms with van der Waals surface area (Å²) in [6.45, 7) is 1.94. The molecule has 5 heteroatoms. The van der Waals surface area contributed by atoms with E-state index in [0.717, 1.165) is 22.6 Å². The molecule has 0 saturated heterocycles. The van der Waals surface area contributed by atoms with Crippen molar-refractivity contribution in [2.24, 2.45) is 0 Å². The Morgan fingerprint density at radius 3 is 2.93 bits per heavy atom. The van der Waals surface area contributed by atoms with Crippen molar-refractivity contribution >= 4 is 11.6 Å². The SMILES string of the molecule is Cc1[nH]nc(-c2cnccn2)c1CCl. The van der Waals surface area contributed by atoms with Gasteiger partial charge in [-0.1, -0.05) is 0 Å². The number of hydrogen-bond donors (Lipinski definition) is 1. The minimum absolute atomic E-state index is 0.425. The van der Waals surface area contributed by atoms with Crippen molar-refractivity contribution in [3.05, 3.63) is 29.8 Å². The second kappa shape index (κ2) is 3.75. The highest BCUT2D eigenvalue weighted by Gasteiger charge is 2.11. The van der Waals surface area contributed by atoms with Gasteiger partial charge >= 0.3 is 0 Å². The van der Waals surface area contributed by atoms with Crippen molar-refractivity contribution in [3.63, 3.8) is 0 Å². The van der Waals surface area contributed by atoms with Crippen molar-refractivity contribution in [3.8, 4) is 11.4 Å². The zero-order chi connectivity index (χ0) is 9.97. The van der Waals surface area contributed by atoms with Crippen LogP contribution in [0.2, 0.25) is 0 Å². The van der Waals surface area contributed by atoms with Crippen molar-refractivity contribution in [1.82, 2.24) is 20.2 Å². The first-order chi connectivity index (χ1) is 6.83. The fourth-order valence-electron chi connectivity index (χ4n) is 1.25. The van der Waals surface area contributed by atoms with Crippen LogP contribution >= 0.6 is 11.6 Å². The highest BCUT2D eigenvalue weighted by Crippen LogP contribution is 2.22. The summed E-state index contributed by atoms with van der Waals surface area (Å²) in [5.74, 6) is 0.425. The molecule has 0 aromatic carbocycles. The standard InChI is InChI=1S/C9H9ClN4/c1-6-7(4-10)9(14-13-6)8-5-11-2-3-12-8/h2-3,5H,4H2,1H3,(H,13,14). The molecule has 0 atom stereocenters. The Hall–Kier alpha value is -1.42. The Labute approximate surface area is 86.4 Å². The van der Waals surface area contributed by atoms with Gasteiger partial charge in [0.2, 0.25) is 0 Å². The molecule has 0 radical (unpaired) electrons. The summed E-state index contributed by atoms with van der Waals surface area (Å²) < 4.78 is 0. The van der Waals surface area contributed by atoms with Gasteiger partial charge in [0.15, 0.2) is 0 Å². The van der Waals surface area contributed by atoms with E-state index in [4.69, 9.17) is 11.6 Å². The molecule has 4 nitrogen and oxygen atoms in total. The summed E-state index contributed by atoms with van der Waals surface area (Å²) in [5, 5.41) is 7.03. The normalized spacial score (nSPS) is 10.4. The average molecular weight is 209 g/mol. The summed E-state index contributed by atoms with van der Waals surface area (Å²) in [6.07, 6.45) is 4.94. The lowest BCUT2D eigenvalue weighted by Gasteiger charge is -1.97. The van der Waals surface area contributed by atoms with Gasteiger partial charge in [-0.2, -0.15) is 5.10 Å². The molecule has 2 aromatic heterocycles. The predicted octanol–water partition coefficient (Wildman–Crippen LogP) is 1.91. The lowest BCUT2D eigenvalue weighted by atomic mass is 10.2. The van der Waals surface area contributed by atoms with E-state index in [1.54, 1.807) is 18.6 Å². The molecule has 14 heavy (non-hydrogen) atoms. The molecule has 0 aliphatic carbocycles. The molecule has 0 fully saturated rings. The molecule has 72 valence electrons. The van der Waals surface area contributed by atoms with Crippen LogP contribution in [0.5, 0.6) is 0 Å². The molecule has 2 aromatic rings. The van der Waals surface area contributed by atoms with Crippen LogP contribution in [0.1, 0.15) is 11.3 Å². The molecular formula is C9H9ClN4. The zero-order valence-corrected chi connectivity index (χ0v) is 8.41. The van der Waals surface area contributed by atoms with Crippen molar-refractivity contribution in [2.45, 2.75) is 12.8 Å². The molecule has 2 rings (SSSR count). The topological polar surface area (TPSA) is 54.5 Å². The molecule has 0 bridgehead atoms. The van der Waals surface area contributed by atoms with Crippen LogP contribution in [0.15, 0.2) is 18.6 Å². The summed E-state index contributed by atoms with van der Waals surface area (Å²) in [6, 6.07) is 0. The van der Waals surface area contributed by atoms with Gasteiger partial charge in [0.05, 0.1) is 12.1 Å². The van der Waals surface area contributed by atoms with Gasteiger partial charge in [0.1, 0.15) is 11.4 Å². The number of aromatic amines is 1. The number of H-pyrrole nitrogens is 1. The van der Waals surface area contributed by atoms with Crippen molar-refractivity contribution in [2.75, 3.05) is 0 Å². The van der Waals surface area contributed by atoms with E-state index in [0.29, 0.717) is 5.88 Å². The molecule has 0 aliphatic rings. The second-order valence-corrected chi connectivity index (χ2v) is 3.17. The second-order valence-electron chi connectivity index (χ2n) is 2.90. The van der Waals surface area contributed by atoms with Crippen LogP contribution in [-0.4, -0.2) is 20.2 Å².